The van der Waals surface area contributed by atoms with Gasteiger partial charge in [-0.05, 0) is 42.0 Å². The molecule has 0 aliphatic heterocycles. The van der Waals surface area contributed by atoms with Gasteiger partial charge in [-0.3, -0.25) is 14.3 Å². The van der Waals surface area contributed by atoms with Crippen molar-refractivity contribution >= 4 is 38.6 Å². The van der Waals surface area contributed by atoms with E-state index in [1.54, 1.807) is 12.1 Å². The van der Waals surface area contributed by atoms with Gasteiger partial charge < -0.3 is 14.5 Å². The van der Waals surface area contributed by atoms with E-state index in [0.29, 0.717) is 16.6 Å². The van der Waals surface area contributed by atoms with Crippen molar-refractivity contribution in [3.8, 4) is 0 Å². The summed E-state index contributed by atoms with van der Waals surface area (Å²) in [7, 11) is -2.65. The van der Waals surface area contributed by atoms with Crippen LogP contribution in [0.5, 0.6) is 0 Å². The quantitative estimate of drug-likeness (QED) is 0.428. The average molecular weight is 430 g/mol. The number of benzene rings is 2. The molecule has 0 aliphatic rings. The first kappa shape index (κ1) is 21.1. The van der Waals surface area contributed by atoms with Crippen LogP contribution in [0.4, 0.5) is 5.69 Å². The lowest BCUT2D eigenvalue weighted by molar-refractivity contribution is -0.141. The van der Waals surface area contributed by atoms with Crippen LogP contribution in [0.2, 0.25) is 0 Å². The third kappa shape index (κ3) is 5.23. The minimum Gasteiger partial charge on any atom is -0.468 e. The van der Waals surface area contributed by atoms with Crippen molar-refractivity contribution in [2.75, 3.05) is 18.4 Å². The summed E-state index contributed by atoms with van der Waals surface area (Å²) in [5.41, 5.74) is 0.723. The molecule has 0 aliphatic carbocycles. The predicted octanol–water partition coefficient (Wildman–Crippen LogP) is 1.43. The second-order valence-electron chi connectivity index (χ2n) is 6.29. The van der Waals surface area contributed by atoms with Crippen molar-refractivity contribution in [3.05, 3.63) is 70.6 Å². The van der Waals surface area contributed by atoms with Crippen molar-refractivity contribution in [3.63, 3.8) is 0 Å². The zero-order valence-electron chi connectivity index (χ0n) is 15.9. The number of rotatable bonds is 7. The summed E-state index contributed by atoms with van der Waals surface area (Å²) < 4.78 is 37.2. The van der Waals surface area contributed by atoms with Crippen LogP contribution in [0.1, 0.15) is 5.56 Å². The Bertz CT molecular complexity index is 1250. The molecule has 1 aromatic heterocycles. The first-order chi connectivity index (χ1) is 14.3. The standard InChI is InChI=1S/C20H18N2O7S/c1-28-20(25)12-21-18(23)10-13-2-5-15(6-3-13)22-30(26,27)16-7-8-17-14(11-16)4-9-19(24)29-17/h2-9,11,22H,10,12H2,1H3,(H,21,23). The molecule has 9 nitrogen and oxygen atoms in total. The molecular formula is C20H18N2O7S. The molecule has 3 aromatic rings. The molecule has 1 heterocycles. The molecule has 156 valence electrons. The molecule has 0 radical (unpaired) electrons. The zero-order chi connectivity index (χ0) is 21.7. The van der Waals surface area contributed by atoms with Gasteiger partial charge in [0.05, 0.1) is 18.4 Å². The fourth-order valence-electron chi connectivity index (χ4n) is 2.61. The number of hydrogen-bond acceptors (Lipinski definition) is 7. The Morgan fingerprint density at radius 3 is 2.47 bits per heavy atom. The number of hydrogen-bond donors (Lipinski definition) is 2. The Morgan fingerprint density at radius 2 is 1.77 bits per heavy atom. The summed E-state index contributed by atoms with van der Waals surface area (Å²) in [5, 5.41) is 2.90. The maximum atomic E-state index is 12.6. The molecular weight excluding hydrogens is 412 g/mol. The highest BCUT2D eigenvalue weighted by molar-refractivity contribution is 7.92. The van der Waals surface area contributed by atoms with Crippen LogP contribution < -0.4 is 15.7 Å². The molecule has 1 amide bonds. The largest absolute Gasteiger partial charge is 0.468 e. The minimum absolute atomic E-state index is 0.00936. The lowest BCUT2D eigenvalue weighted by Crippen LogP contribution is -2.31. The normalized spacial score (nSPS) is 11.1. The summed E-state index contributed by atoms with van der Waals surface area (Å²) in [5.74, 6) is -0.916. The van der Waals surface area contributed by atoms with E-state index in [1.807, 2.05) is 0 Å². The topological polar surface area (TPSA) is 132 Å². The van der Waals surface area contributed by atoms with Gasteiger partial charge in [0.25, 0.3) is 10.0 Å². The summed E-state index contributed by atoms with van der Waals surface area (Å²) in [4.78, 5) is 34.1. The molecule has 3 rings (SSSR count). The summed E-state index contributed by atoms with van der Waals surface area (Å²) in [6.45, 7) is -0.220. The molecule has 0 fully saturated rings. The second-order valence-corrected chi connectivity index (χ2v) is 7.97. The van der Waals surface area contributed by atoms with E-state index in [4.69, 9.17) is 4.42 Å². The number of anilines is 1. The fourth-order valence-corrected chi connectivity index (χ4v) is 3.71. The van der Waals surface area contributed by atoms with Crippen molar-refractivity contribution in [1.82, 2.24) is 5.32 Å². The lowest BCUT2D eigenvalue weighted by Gasteiger charge is -2.10. The number of carbonyl (C=O) groups is 2. The molecule has 2 aromatic carbocycles. The lowest BCUT2D eigenvalue weighted by atomic mass is 10.1. The van der Waals surface area contributed by atoms with Gasteiger partial charge in [0.15, 0.2) is 0 Å². The van der Waals surface area contributed by atoms with Crippen LogP contribution in [-0.2, 0) is 30.8 Å². The minimum atomic E-state index is -3.87. The molecule has 0 spiro atoms. The SMILES string of the molecule is COC(=O)CNC(=O)Cc1ccc(NS(=O)(=O)c2ccc3oc(=O)ccc3c2)cc1. The van der Waals surface area contributed by atoms with E-state index in [2.05, 4.69) is 14.8 Å². The third-order valence-electron chi connectivity index (χ3n) is 4.13. The van der Waals surface area contributed by atoms with Gasteiger partial charge in [0, 0.05) is 17.1 Å². The molecule has 0 bridgehead atoms. The van der Waals surface area contributed by atoms with Crippen LogP contribution >= 0.6 is 0 Å². The Hall–Kier alpha value is -3.66. The van der Waals surface area contributed by atoms with Crippen molar-refractivity contribution in [2.45, 2.75) is 11.3 Å². The predicted molar refractivity (Wildman–Crippen MR) is 108 cm³/mol. The Balaban J connectivity index is 1.68. The average Bonchev–Trinajstić information content (AvgIpc) is 2.72. The smallest absolute Gasteiger partial charge is 0.336 e. The number of methoxy groups -OCH3 is 1. The fraction of sp³-hybridized carbons (Fsp3) is 0.150. The monoisotopic (exact) mass is 430 g/mol. The summed E-state index contributed by atoms with van der Waals surface area (Å²) >= 11 is 0. The van der Waals surface area contributed by atoms with Gasteiger partial charge >= 0.3 is 11.6 Å². The number of amides is 1. The van der Waals surface area contributed by atoms with Crippen LogP contribution in [-0.4, -0.2) is 33.9 Å². The van der Waals surface area contributed by atoms with Gasteiger partial charge in [0.2, 0.25) is 5.91 Å². The van der Waals surface area contributed by atoms with Crippen LogP contribution in [0.25, 0.3) is 11.0 Å². The molecule has 0 unspecified atom stereocenters. The van der Waals surface area contributed by atoms with Gasteiger partial charge in [-0.1, -0.05) is 12.1 Å². The van der Waals surface area contributed by atoms with Crippen molar-refractivity contribution < 1.29 is 27.2 Å². The number of esters is 1. The van der Waals surface area contributed by atoms with Crippen LogP contribution in [0.3, 0.4) is 0 Å². The second kappa shape index (κ2) is 8.78. The van der Waals surface area contributed by atoms with E-state index >= 15 is 0 Å². The molecule has 0 saturated heterocycles. The van der Waals surface area contributed by atoms with Crippen molar-refractivity contribution in [2.24, 2.45) is 0 Å². The van der Waals surface area contributed by atoms with Crippen molar-refractivity contribution in [1.29, 1.82) is 0 Å². The highest BCUT2D eigenvalue weighted by atomic mass is 32.2. The van der Waals surface area contributed by atoms with E-state index in [9.17, 15) is 22.8 Å². The Morgan fingerprint density at radius 1 is 1.03 bits per heavy atom. The van der Waals surface area contributed by atoms with E-state index < -0.39 is 21.6 Å². The zero-order valence-corrected chi connectivity index (χ0v) is 16.7. The maximum Gasteiger partial charge on any atom is 0.336 e. The number of nitrogens with one attached hydrogen (secondary N) is 2. The molecule has 2 N–H and O–H groups in total. The maximum absolute atomic E-state index is 12.6. The van der Waals surface area contributed by atoms with Gasteiger partial charge in [-0.15, -0.1) is 0 Å². The van der Waals surface area contributed by atoms with Crippen LogP contribution in [0, 0.1) is 0 Å². The van der Waals surface area contributed by atoms with Gasteiger partial charge in [-0.25, -0.2) is 13.2 Å². The Labute approximate surface area is 171 Å². The van der Waals surface area contributed by atoms with E-state index in [-0.39, 0.29) is 29.4 Å². The highest BCUT2D eigenvalue weighted by Crippen LogP contribution is 2.21. The molecule has 0 atom stereocenters. The summed E-state index contributed by atoms with van der Waals surface area (Å²) in [6, 6.07) is 13.1. The molecule has 10 heteroatoms. The first-order valence-corrected chi connectivity index (χ1v) is 10.2. The highest BCUT2D eigenvalue weighted by Gasteiger charge is 2.15. The third-order valence-corrected chi connectivity index (χ3v) is 5.51. The van der Waals surface area contributed by atoms with E-state index in [0.717, 1.165) is 0 Å². The van der Waals surface area contributed by atoms with E-state index in [1.165, 1.54) is 49.6 Å². The number of sulfonamides is 1. The molecule has 30 heavy (non-hydrogen) atoms. The summed E-state index contributed by atoms with van der Waals surface area (Å²) in [6.07, 6.45) is 0.0277. The first-order valence-electron chi connectivity index (χ1n) is 8.76. The number of ether oxygens (including phenoxy) is 1. The van der Waals surface area contributed by atoms with Gasteiger partial charge in [-0.2, -0.15) is 0 Å². The number of carbonyl (C=O) groups excluding carboxylic acids is 2. The number of fused-ring (bicyclic) bond motifs is 1. The van der Waals surface area contributed by atoms with Crippen LogP contribution in [0.15, 0.2) is 68.7 Å². The molecule has 0 saturated carbocycles. The Kier molecular flexibility index (Phi) is 6.17. The van der Waals surface area contributed by atoms with Gasteiger partial charge in [0.1, 0.15) is 12.1 Å².